The SMILES string of the molecule is CN1NC(C(=O)C(C)(C)C)CC1O. The number of Topliss-reactive ketones (excluding diaryl/α,β-unsaturated/α-hetero) is 1. The Hall–Kier alpha value is -0.450. The van der Waals surface area contributed by atoms with Crippen LogP contribution in [0.4, 0.5) is 0 Å². The van der Waals surface area contributed by atoms with Gasteiger partial charge in [-0.3, -0.25) is 4.79 Å². The van der Waals surface area contributed by atoms with E-state index in [0.29, 0.717) is 6.42 Å². The fourth-order valence-corrected chi connectivity index (χ4v) is 1.44. The number of hydrazine groups is 1. The molecule has 2 N–H and O–H groups in total. The molecule has 0 radical (unpaired) electrons. The van der Waals surface area contributed by atoms with Crippen molar-refractivity contribution < 1.29 is 9.90 Å². The monoisotopic (exact) mass is 186 g/mol. The second kappa shape index (κ2) is 3.36. The molecule has 1 rings (SSSR count). The van der Waals surface area contributed by atoms with E-state index in [4.69, 9.17) is 0 Å². The molecule has 0 spiro atoms. The minimum Gasteiger partial charge on any atom is -0.377 e. The van der Waals surface area contributed by atoms with Gasteiger partial charge in [-0.15, -0.1) is 0 Å². The van der Waals surface area contributed by atoms with Crippen molar-refractivity contribution in [1.82, 2.24) is 10.4 Å². The molecule has 0 saturated carbocycles. The van der Waals surface area contributed by atoms with Gasteiger partial charge in [0.1, 0.15) is 6.23 Å². The third-order valence-electron chi connectivity index (χ3n) is 2.31. The number of hydrogen-bond donors (Lipinski definition) is 2. The van der Waals surface area contributed by atoms with Crippen LogP contribution >= 0.6 is 0 Å². The zero-order chi connectivity index (χ0) is 10.2. The third-order valence-corrected chi connectivity index (χ3v) is 2.31. The van der Waals surface area contributed by atoms with Crippen LogP contribution in [0.15, 0.2) is 0 Å². The van der Waals surface area contributed by atoms with Gasteiger partial charge < -0.3 is 5.11 Å². The third kappa shape index (κ3) is 2.27. The van der Waals surface area contributed by atoms with Crippen molar-refractivity contribution >= 4 is 5.78 Å². The van der Waals surface area contributed by atoms with E-state index in [2.05, 4.69) is 5.43 Å². The molecule has 4 heteroatoms. The summed E-state index contributed by atoms with van der Waals surface area (Å²) < 4.78 is 0. The first kappa shape index (κ1) is 10.6. The zero-order valence-corrected chi connectivity index (χ0v) is 8.66. The standard InChI is InChI=1S/C9H18N2O2/c1-9(2,3)8(13)6-5-7(12)11(4)10-6/h6-7,10,12H,5H2,1-4H3. The van der Waals surface area contributed by atoms with Crippen molar-refractivity contribution in [1.29, 1.82) is 0 Å². The normalized spacial score (nSPS) is 30.8. The fraction of sp³-hybridized carbons (Fsp3) is 0.889. The first-order valence-electron chi connectivity index (χ1n) is 4.54. The van der Waals surface area contributed by atoms with Gasteiger partial charge in [-0.25, -0.2) is 10.4 Å². The Bertz CT molecular complexity index is 200. The Balaban J connectivity index is 2.61. The van der Waals surface area contributed by atoms with Gasteiger partial charge >= 0.3 is 0 Å². The van der Waals surface area contributed by atoms with Crippen molar-refractivity contribution in [3.05, 3.63) is 0 Å². The summed E-state index contributed by atoms with van der Waals surface area (Å²) in [7, 11) is 1.74. The van der Waals surface area contributed by atoms with Crippen LogP contribution in [0.1, 0.15) is 27.2 Å². The van der Waals surface area contributed by atoms with Gasteiger partial charge in [-0.1, -0.05) is 20.8 Å². The number of carbonyl (C=O) groups is 1. The van der Waals surface area contributed by atoms with Crippen molar-refractivity contribution in [3.8, 4) is 0 Å². The molecule has 0 amide bonds. The van der Waals surface area contributed by atoms with Gasteiger partial charge in [-0.2, -0.15) is 0 Å². The molecule has 0 aliphatic carbocycles. The molecule has 0 aromatic rings. The smallest absolute Gasteiger partial charge is 0.156 e. The average molecular weight is 186 g/mol. The van der Waals surface area contributed by atoms with Gasteiger partial charge in [0.15, 0.2) is 5.78 Å². The summed E-state index contributed by atoms with van der Waals surface area (Å²) in [5.74, 6) is 0.149. The highest BCUT2D eigenvalue weighted by Gasteiger charge is 2.37. The Morgan fingerprint density at radius 2 is 2.08 bits per heavy atom. The van der Waals surface area contributed by atoms with Crippen LogP contribution in [0.3, 0.4) is 0 Å². The van der Waals surface area contributed by atoms with Crippen LogP contribution in [0.5, 0.6) is 0 Å². The maximum Gasteiger partial charge on any atom is 0.156 e. The van der Waals surface area contributed by atoms with E-state index in [1.165, 1.54) is 0 Å². The molecule has 13 heavy (non-hydrogen) atoms. The molecule has 1 aliphatic rings. The van der Waals surface area contributed by atoms with E-state index in [1.54, 1.807) is 12.1 Å². The van der Waals surface area contributed by atoms with Crippen LogP contribution in [0.25, 0.3) is 0 Å². The van der Waals surface area contributed by atoms with Gasteiger partial charge in [0.05, 0.1) is 6.04 Å². The lowest BCUT2D eigenvalue weighted by Crippen LogP contribution is -2.43. The molecule has 76 valence electrons. The molecule has 0 aromatic carbocycles. The Morgan fingerprint density at radius 1 is 1.54 bits per heavy atom. The summed E-state index contributed by atoms with van der Waals surface area (Å²) in [6.45, 7) is 5.67. The van der Waals surface area contributed by atoms with E-state index in [-0.39, 0.29) is 17.2 Å². The van der Waals surface area contributed by atoms with Gasteiger partial charge in [-0.05, 0) is 0 Å². The number of ketones is 1. The second-order valence-corrected chi connectivity index (χ2v) is 4.62. The quantitative estimate of drug-likeness (QED) is 0.611. The molecule has 4 nitrogen and oxygen atoms in total. The predicted molar refractivity (Wildman–Crippen MR) is 49.8 cm³/mol. The highest BCUT2D eigenvalue weighted by atomic mass is 16.3. The lowest BCUT2D eigenvalue weighted by Gasteiger charge is -2.21. The first-order valence-corrected chi connectivity index (χ1v) is 4.54. The van der Waals surface area contributed by atoms with E-state index < -0.39 is 6.23 Å². The summed E-state index contributed by atoms with van der Waals surface area (Å²) in [5.41, 5.74) is 2.60. The predicted octanol–water partition coefficient (Wildman–Crippen LogP) is 0.129. The van der Waals surface area contributed by atoms with Crippen molar-refractivity contribution in [2.75, 3.05) is 7.05 Å². The maximum atomic E-state index is 11.8. The molecule has 0 aromatic heterocycles. The molecule has 1 fully saturated rings. The van der Waals surface area contributed by atoms with Gasteiger partial charge in [0.2, 0.25) is 0 Å². The molecule has 1 heterocycles. The van der Waals surface area contributed by atoms with Crippen LogP contribution < -0.4 is 5.43 Å². The topological polar surface area (TPSA) is 52.6 Å². The lowest BCUT2D eigenvalue weighted by atomic mass is 9.86. The van der Waals surface area contributed by atoms with Crippen LogP contribution in [-0.4, -0.2) is 35.2 Å². The van der Waals surface area contributed by atoms with Crippen LogP contribution in [0, 0.1) is 5.41 Å². The summed E-state index contributed by atoms with van der Waals surface area (Å²) in [6, 6.07) is -0.236. The lowest BCUT2D eigenvalue weighted by molar-refractivity contribution is -0.128. The van der Waals surface area contributed by atoms with Crippen LogP contribution in [-0.2, 0) is 4.79 Å². The number of carbonyl (C=O) groups excluding carboxylic acids is 1. The molecular weight excluding hydrogens is 168 g/mol. The maximum absolute atomic E-state index is 11.8. The highest BCUT2D eigenvalue weighted by molar-refractivity contribution is 5.88. The zero-order valence-electron chi connectivity index (χ0n) is 8.66. The fourth-order valence-electron chi connectivity index (χ4n) is 1.44. The molecule has 2 atom stereocenters. The van der Waals surface area contributed by atoms with E-state index in [1.807, 2.05) is 20.8 Å². The molecule has 0 bridgehead atoms. The Labute approximate surface area is 78.9 Å². The molecular formula is C9H18N2O2. The number of nitrogens with zero attached hydrogens (tertiary/aromatic N) is 1. The van der Waals surface area contributed by atoms with E-state index >= 15 is 0 Å². The summed E-state index contributed by atoms with van der Waals surface area (Å²) in [5, 5.41) is 11.0. The summed E-state index contributed by atoms with van der Waals surface area (Å²) in [6.07, 6.45) is -0.0663. The molecule has 1 aliphatic heterocycles. The minimum atomic E-state index is -0.545. The number of aliphatic hydroxyl groups excluding tert-OH is 1. The van der Waals surface area contributed by atoms with E-state index in [0.717, 1.165) is 0 Å². The number of hydrogen-bond acceptors (Lipinski definition) is 4. The molecule has 2 unspecified atom stereocenters. The highest BCUT2D eigenvalue weighted by Crippen LogP contribution is 2.22. The van der Waals surface area contributed by atoms with Crippen LogP contribution in [0.2, 0.25) is 0 Å². The number of nitrogens with one attached hydrogen (secondary N) is 1. The van der Waals surface area contributed by atoms with Gasteiger partial charge in [0, 0.05) is 18.9 Å². The van der Waals surface area contributed by atoms with Crippen molar-refractivity contribution in [2.45, 2.75) is 39.5 Å². The number of rotatable bonds is 1. The Kier molecular flexibility index (Phi) is 2.75. The van der Waals surface area contributed by atoms with E-state index in [9.17, 15) is 9.90 Å². The first-order chi connectivity index (χ1) is 5.82. The minimum absolute atomic E-state index is 0.149. The average Bonchev–Trinajstić information content (AvgIpc) is 2.29. The number of aliphatic hydroxyl groups is 1. The second-order valence-electron chi connectivity index (χ2n) is 4.62. The largest absolute Gasteiger partial charge is 0.377 e. The molecule has 1 saturated heterocycles. The Morgan fingerprint density at radius 3 is 2.38 bits per heavy atom. The summed E-state index contributed by atoms with van der Waals surface area (Å²) in [4.78, 5) is 11.8. The summed E-state index contributed by atoms with van der Waals surface area (Å²) >= 11 is 0. The van der Waals surface area contributed by atoms with Crippen molar-refractivity contribution in [3.63, 3.8) is 0 Å². The van der Waals surface area contributed by atoms with Gasteiger partial charge in [0.25, 0.3) is 0 Å². The van der Waals surface area contributed by atoms with Crippen molar-refractivity contribution in [2.24, 2.45) is 5.41 Å².